The molecular formula is C18H17FN2O2. The van der Waals surface area contributed by atoms with Crippen LogP contribution in [0, 0.1) is 5.82 Å². The molecule has 0 bridgehead atoms. The summed E-state index contributed by atoms with van der Waals surface area (Å²) < 4.78 is 18.2. The lowest BCUT2D eigenvalue weighted by molar-refractivity contribution is -0.130. The van der Waals surface area contributed by atoms with Crippen LogP contribution in [0.2, 0.25) is 0 Å². The van der Waals surface area contributed by atoms with Crippen LogP contribution >= 0.6 is 0 Å². The molecule has 0 saturated heterocycles. The molecule has 0 fully saturated rings. The van der Waals surface area contributed by atoms with Gasteiger partial charge in [0.1, 0.15) is 11.6 Å². The summed E-state index contributed by atoms with van der Waals surface area (Å²) in [4.78, 5) is 11.9. The number of rotatable bonds is 3. The number of carbonyl (C=O) groups is 1. The van der Waals surface area contributed by atoms with Gasteiger partial charge in [-0.15, -0.1) is 0 Å². The number of benzene rings is 2. The molecule has 2 aromatic carbocycles. The van der Waals surface area contributed by atoms with Crippen LogP contribution < -0.4 is 4.74 Å². The molecule has 0 saturated carbocycles. The van der Waals surface area contributed by atoms with Crippen molar-refractivity contribution in [1.29, 1.82) is 0 Å². The first-order valence-corrected chi connectivity index (χ1v) is 7.35. The summed E-state index contributed by atoms with van der Waals surface area (Å²) in [6.45, 7) is 1.49. The van der Waals surface area contributed by atoms with Gasteiger partial charge in [-0.2, -0.15) is 5.10 Å². The Balaban J connectivity index is 1.90. The number of methoxy groups -OCH3 is 1. The van der Waals surface area contributed by atoms with Crippen LogP contribution in [0.4, 0.5) is 4.39 Å². The molecule has 0 aromatic heterocycles. The number of carbonyl (C=O) groups excluding carboxylic acids is 1. The predicted molar refractivity (Wildman–Crippen MR) is 85.8 cm³/mol. The third kappa shape index (κ3) is 3.08. The molecule has 23 heavy (non-hydrogen) atoms. The average molecular weight is 312 g/mol. The van der Waals surface area contributed by atoms with Gasteiger partial charge in [0.05, 0.1) is 18.9 Å². The summed E-state index contributed by atoms with van der Waals surface area (Å²) in [5.74, 6) is 0.353. The van der Waals surface area contributed by atoms with E-state index < -0.39 is 0 Å². The van der Waals surface area contributed by atoms with Crippen LogP contribution in [-0.2, 0) is 4.79 Å². The Labute approximate surface area is 134 Å². The smallest absolute Gasteiger partial charge is 0.240 e. The highest BCUT2D eigenvalue weighted by Crippen LogP contribution is 2.33. The highest BCUT2D eigenvalue weighted by Gasteiger charge is 2.31. The highest BCUT2D eigenvalue weighted by atomic mass is 19.1. The van der Waals surface area contributed by atoms with Crippen molar-refractivity contribution >= 4 is 11.6 Å². The summed E-state index contributed by atoms with van der Waals surface area (Å²) in [6, 6.07) is 13.6. The van der Waals surface area contributed by atoms with Crippen molar-refractivity contribution in [2.75, 3.05) is 7.11 Å². The van der Waals surface area contributed by atoms with Crippen LogP contribution in [0.25, 0.3) is 0 Å². The molecule has 2 aromatic rings. The Morgan fingerprint density at radius 3 is 2.39 bits per heavy atom. The van der Waals surface area contributed by atoms with Crippen LogP contribution in [0.3, 0.4) is 0 Å². The van der Waals surface area contributed by atoms with Crippen molar-refractivity contribution in [3.05, 3.63) is 65.5 Å². The van der Waals surface area contributed by atoms with E-state index in [1.807, 2.05) is 24.3 Å². The molecule has 1 aliphatic heterocycles. The Kier molecular flexibility index (Phi) is 4.10. The molecule has 1 atom stereocenters. The number of nitrogens with zero attached hydrogens (tertiary/aromatic N) is 2. The maximum absolute atomic E-state index is 13.1. The first kappa shape index (κ1) is 15.2. The van der Waals surface area contributed by atoms with Crippen molar-refractivity contribution in [1.82, 2.24) is 5.01 Å². The molecule has 118 valence electrons. The SMILES string of the molecule is COc1ccc(C2CC(c3ccc(F)cc3)=NN2C(C)=O)cc1. The van der Waals surface area contributed by atoms with Crippen molar-refractivity contribution in [3.63, 3.8) is 0 Å². The zero-order chi connectivity index (χ0) is 16.4. The van der Waals surface area contributed by atoms with Crippen molar-refractivity contribution in [2.24, 2.45) is 5.10 Å². The van der Waals surface area contributed by atoms with Gasteiger partial charge in [0, 0.05) is 13.3 Å². The number of halogens is 1. The summed E-state index contributed by atoms with van der Waals surface area (Å²) in [6.07, 6.45) is 0.595. The molecule has 0 N–H and O–H groups in total. The topological polar surface area (TPSA) is 41.9 Å². The van der Waals surface area contributed by atoms with E-state index in [2.05, 4.69) is 5.10 Å². The predicted octanol–water partition coefficient (Wildman–Crippen LogP) is 3.53. The molecule has 1 amide bonds. The molecule has 1 aliphatic rings. The first-order valence-electron chi connectivity index (χ1n) is 7.35. The lowest BCUT2D eigenvalue weighted by Crippen LogP contribution is -2.24. The Bertz CT molecular complexity index is 739. The molecular weight excluding hydrogens is 295 g/mol. The number of amides is 1. The van der Waals surface area contributed by atoms with Gasteiger partial charge in [-0.1, -0.05) is 24.3 Å². The largest absolute Gasteiger partial charge is 0.497 e. The summed E-state index contributed by atoms with van der Waals surface area (Å²) >= 11 is 0. The standard InChI is InChI=1S/C18H17FN2O2/c1-12(22)21-18(14-5-9-16(23-2)10-6-14)11-17(20-21)13-3-7-15(19)8-4-13/h3-10,18H,11H2,1-2H3. The Hall–Kier alpha value is -2.69. The quantitative estimate of drug-likeness (QED) is 0.870. The van der Waals surface area contributed by atoms with E-state index >= 15 is 0 Å². The lowest BCUT2D eigenvalue weighted by Gasteiger charge is -2.20. The van der Waals surface area contributed by atoms with E-state index in [9.17, 15) is 9.18 Å². The van der Waals surface area contributed by atoms with Gasteiger partial charge in [-0.25, -0.2) is 9.40 Å². The number of hydrazone groups is 1. The van der Waals surface area contributed by atoms with Gasteiger partial charge in [0.25, 0.3) is 0 Å². The average Bonchev–Trinajstić information content (AvgIpc) is 3.01. The lowest BCUT2D eigenvalue weighted by atomic mass is 9.98. The third-order valence-electron chi connectivity index (χ3n) is 3.91. The molecule has 0 aliphatic carbocycles. The summed E-state index contributed by atoms with van der Waals surface area (Å²) in [5.41, 5.74) is 2.59. The van der Waals surface area contributed by atoms with Gasteiger partial charge >= 0.3 is 0 Å². The Morgan fingerprint density at radius 2 is 1.83 bits per heavy atom. The fourth-order valence-electron chi connectivity index (χ4n) is 2.70. The molecule has 0 radical (unpaired) electrons. The summed E-state index contributed by atoms with van der Waals surface area (Å²) in [5, 5.41) is 5.92. The molecule has 1 unspecified atom stereocenters. The van der Waals surface area contributed by atoms with Gasteiger partial charge in [0.2, 0.25) is 5.91 Å². The maximum atomic E-state index is 13.1. The van der Waals surface area contributed by atoms with Gasteiger partial charge in [-0.3, -0.25) is 4.79 Å². The highest BCUT2D eigenvalue weighted by molar-refractivity contribution is 6.03. The minimum atomic E-state index is -0.289. The van der Waals surface area contributed by atoms with Gasteiger partial charge in [0.15, 0.2) is 0 Å². The third-order valence-corrected chi connectivity index (χ3v) is 3.91. The molecule has 4 nitrogen and oxygen atoms in total. The van der Waals surface area contributed by atoms with Crippen LogP contribution in [-0.4, -0.2) is 23.7 Å². The Morgan fingerprint density at radius 1 is 1.17 bits per heavy atom. The minimum Gasteiger partial charge on any atom is -0.497 e. The van der Waals surface area contributed by atoms with Gasteiger partial charge < -0.3 is 4.74 Å². The second kappa shape index (κ2) is 6.20. The molecule has 5 heteroatoms. The number of hydrogen-bond donors (Lipinski definition) is 0. The number of ether oxygens (including phenoxy) is 1. The number of hydrogen-bond acceptors (Lipinski definition) is 3. The van der Waals surface area contributed by atoms with Crippen molar-refractivity contribution in [2.45, 2.75) is 19.4 Å². The van der Waals surface area contributed by atoms with Crippen LogP contribution in [0.5, 0.6) is 5.75 Å². The fourth-order valence-corrected chi connectivity index (χ4v) is 2.70. The first-order chi connectivity index (χ1) is 11.1. The zero-order valence-electron chi connectivity index (χ0n) is 13.0. The second-order valence-corrected chi connectivity index (χ2v) is 5.41. The monoisotopic (exact) mass is 312 g/mol. The molecule has 3 rings (SSSR count). The van der Waals surface area contributed by atoms with E-state index in [0.717, 1.165) is 22.6 Å². The second-order valence-electron chi connectivity index (χ2n) is 5.41. The van der Waals surface area contributed by atoms with Crippen molar-refractivity contribution < 1.29 is 13.9 Å². The van der Waals surface area contributed by atoms with Crippen LogP contribution in [0.1, 0.15) is 30.5 Å². The van der Waals surface area contributed by atoms with E-state index in [0.29, 0.717) is 6.42 Å². The molecule has 0 spiro atoms. The van der Waals surface area contributed by atoms with Gasteiger partial charge in [-0.05, 0) is 35.4 Å². The minimum absolute atomic E-state index is 0.122. The van der Waals surface area contributed by atoms with E-state index in [1.54, 1.807) is 19.2 Å². The normalized spacial score (nSPS) is 17.1. The van der Waals surface area contributed by atoms with Crippen LogP contribution in [0.15, 0.2) is 53.6 Å². The van der Waals surface area contributed by atoms with E-state index in [4.69, 9.17) is 4.74 Å². The van der Waals surface area contributed by atoms with E-state index in [-0.39, 0.29) is 17.8 Å². The maximum Gasteiger partial charge on any atom is 0.240 e. The van der Waals surface area contributed by atoms with E-state index in [1.165, 1.54) is 24.1 Å². The fraction of sp³-hybridized carbons (Fsp3) is 0.222. The molecule has 1 heterocycles. The van der Waals surface area contributed by atoms with Crippen molar-refractivity contribution in [3.8, 4) is 5.75 Å². The summed E-state index contributed by atoms with van der Waals surface area (Å²) in [7, 11) is 1.61. The zero-order valence-corrected chi connectivity index (χ0v) is 13.0.